The number of piperidine rings is 1. The van der Waals surface area contributed by atoms with Crippen LogP contribution < -0.4 is 15.5 Å². The Kier molecular flexibility index (Phi) is 6.27. The van der Waals surface area contributed by atoms with E-state index in [2.05, 4.69) is 30.6 Å². The minimum absolute atomic E-state index is 0.133. The Morgan fingerprint density at radius 1 is 1.11 bits per heavy atom. The number of nitrogens with one attached hydrogen (secondary N) is 2. The number of fused-ring (bicyclic) bond motifs is 1. The van der Waals surface area contributed by atoms with Crippen LogP contribution in [0.2, 0.25) is 0 Å². The Morgan fingerprint density at radius 3 is 2.50 bits per heavy atom. The Morgan fingerprint density at radius 2 is 1.86 bits per heavy atom. The first-order valence-corrected chi connectivity index (χ1v) is 12.0. The summed E-state index contributed by atoms with van der Waals surface area (Å²) in [5.41, 5.74) is -1.04. The number of hydrogen-bond acceptors (Lipinski definition) is 7. The molecule has 0 amide bonds. The highest BCUT2D eigenvalue weighted by atomic mass is 19.4. The molecular weight excluding hydrogens is 478 g/mol. The first-order chi connectivity index (χ1) is 17.0. The predicted molar refractivity (Wildman–Crippen MR) is 128 cm³/mol. The third-order valence-corrected chi connectivity index (χ3v) is 7.07. The number of rotatable bonds is 5. The van der Waals surface area contributed by atoms with Crippen molar-refractivity contribution in [1.29, 1.82) is 0 Å². The molecule has 1 aromatic carbocycles. The van der Waals surface area contributed by atoms with Crippen LogP contribution in [0.1, 0.15) is 32.3 Å². The lowest BCUT2D eigenvalue weighted by Gasteiger charge is -2.38. The quantitative estimate of drug-likeness (QED) is 0.455. The minimum atomic E-state index is -4.50. The van der Waals surface area contributed by atoms with E-state index >= 15 is 0 Å². The third-order valence-electron chi connectivity index (χ3n) is 7.07. The van der Waals surface area contributed by atoms with Crippen molar-refractivity contribution in [3.63, 3.8) is 0 Å². The second-order valence-electron chi connectivity index (χ2n) is 10.1. The number of nitrogens with zero attached hydrogens (tertiary/aromatic N) is 5. The van der Waals surface area contributed by atoms with Gasteiger partial charge in [0, 0.05) is 26.2 Å². The van der Waals surface area contributed by atoms with Gasteiger partial charge in [0.2, 0.25) is 5.95 Å². The van der Waals surface area contributed by atoms with Gasteiger partial charge in [-0.1, -0.05) is 6.07 Å². The van der Waals surface area contributed by atoms with Gasteiger partial charge in [0.1, 0.15) is 12.0 Å². The molecule has 36 heavy (non-hydrogen) atoms. The molecule has 4 heterocycles. The summed E-state index contributed by atoms with van der Waals surface area (Å²) in [5, 5.41) is 21.4. The fraction of sp³-hybridized carbons (Fsp3) is 0.542. The average molecular weight is 508 g/mol. The zero-order valence-corrected chi connectivity index (χ0v) is 20.1. The molecule has 0 radical (unpaired) electrons. The van der Waals surface area contributed by atoms with Crippen molar-refractivity contribution in [1.82, 2.24) is 25.1 Å². The Hall–Kier alpha value is -2.99. The van der Waals surface area contributed by atoms with Crippen LogP contribution in [0, 0.1) is 5.92 Å². The molecule has 12 heteroatoms. The molecule has 8 nitrogen and oxygen atoms in total. The number of aromatic nitrogens is 4. The predicted octanol–water partition coefficient (Wildman–Crippen LogP) is 3.54. The van der Waals surface area contributed by atoms with Crippen molar-refractivity contribution in [3.8, 4) is 5.69 Å². The molecule has 194 valence electrons. The fourth-order valence-electron chi connectivity index (χ4n) is 4.95. The number of aliphatic hydroxyl groups is 1. The molecule has 2 aliphatic heterocycles. The summed E-state index contributed by atoms with van der Waals surface area (Å²) in [4.78, 5) is 11.3. The van der Waals surface area contributed by atoms with Crippen LogP contribution in [0.25, 0.3) is 16.7 Å². The van der Waals surface area contributed by atoms with Gasteiger partial charge in [0.05, 0.1) is 34.5 Å². The highest BCUT2D eigenvalue weighted by molar-refractivity contribution is 5.89. The maximum Gasteiger partial charge on any atom is 0.416 e. The van der Waals surface area contributed by atoms with Crippen LogP contribution in [0.5, 0.6) is 0 Å². The molecule has 0 spiro atoms. The van der Waals surface area contributed by atoms with Crippen molar-refractivity contribution in [2.45, 2.75) is 50.7 Å². The summed E-state index contributed by atoms with van der Waals surface area (Å²) in [6, 6.07) is 4.36. The summed E-state index contributed by atoms with van der Waals surface area (Å²) < 4.78 is 55.7. The number of hydrogen-bond donors (Lipinski definition) is 3. The molecule has 0 aliphatic carbocycles. The van der Waals surface area contributed by atoms with Gasteiger partial charge in [-0.25, -0.2) is 9.07 Å². The lowest BCUT2D eigenvalue weighted by atomic mass is 9.83. The SMILES string of the molecule is CC(C)(O)C1CCN(c2nc(N[C@@H]3CNC[C@H]3F)nc3c2cnn3-c2cccc(C(F)(F)F)c2)CC1. The summed E-state index contributed by atoms with van der Waals surface area (Å²) in [6.45, 7) is 5.50. The van der Waals surface area contributed by atoms with Crippen LogP contribution in [0.3, 0.4) is 0 Å². The van der Waals surface area contributed by atoms with Crippen LogP contribution in [-0.4, -0.2) is 68.8 Å². The summed E-state index contributed by atoms with van der Waals surface area (Å²) >= 11 is 0. The first kappa shape index (κ1) is 24.7. The van der Waals surface area contributed by atoms with Gasteiger partial charge in [0.15, 0.2) is 5.65 Å². The molecule has 0 unspecified atom stereocenters. The molecule has 5 rings (SSSR count). The van der Waals surface area contributed by atoms with E-state index in [1.807, 2.05) is 0 Å². The maximum absolute atomic E-state index is 14.3. The van der Waals surface area contributed by atoms with Gasteiger partial charge in [-0.3, -0.25) is 0 Å². The summed E-state index contributed by atoms with van der Waals surface area (Å²) in [5.74, 6) is 0.900. The van der Waals surface area contributed by atoms with Crippen LogP contribution in [0.15, 0.2) is 30.5 Å². The molecule has 3 N–H and O–H groups in total. The van der Waals surface area contributed by atoms with Gasteiger partial charge in [-0.15, -0.1) is 0 Å². The Bertz CT molecular complexity index is 1230. The summed E-state index contributed by atoms with van der Waals surface area (Å²) in [6.07, 6.45) is -2.57. The van der Waals surface area contributed by atoms with Crippen molar-refractivity contribution in [2.75, 3.05) is 36.4 Å². The second kappa shape index (κ2) is 9.15. The molecule has 2 saturated heterocycles. The largest absolute Gasteiger partial charge is 0.416 e. The van der Waals surface area contributed by atoms with E-state index in [1.165, 1.54) is 16.8 Å². The van der Waals surface area contributed by atoms with E-state index < -0.39 is 29.6 Å². The third kappa shape index (κ3) is 4.83. The van der Waals surface area contributed by atoms with Gasteiger partial charge in [-0.2, -0.15) is 28.2 Å². The fourth-order valence-corrected chi connectivity index (χ4v) is 4.95. The maximum atomic E-state index is 14.3. The van der Waals surface area contributed by atoms with E-state index in [9.17, 15) is 22.7 Å². The van der Waals surface area contributed by atoms with Gasteiger partial charge in [-0.05, 0) is 50.8 Å². The first-order valence-electron chi connectivity index (χ1n) is 12.0. The van der Waals surface area contributed by atoms with E-state index in [-0.39, 0.29) is 24.1 Å². The number of halogens is 4. The number of benzene rings is 1. The monoisotopic (exact) mass is 507 g/mol. The van der Waals surface area contributed by atoms with Crippen LogP contribution in [-0.2, 0) is 6.18 Å². The van der Waals surface area contributed by atoms with E-state index in [1.54, 1.807) is 20.0 Å². The molecule has 2 fully saturated rings. The molecule has 0 bridgehead atoms. The van der Waals surface area contributed by atoms with Crippen molar-refractivity contribution in [3.05, 3.63) is 36.0 Å². The van der Waals surface area contributed by atoms with Crippen molar-refractivity contribution >= 4 is 22.8 Å². The van der Waals surface area contributed by atoms with Gasteiger partial charge >= 0.3 is 6.18 Å². The zero-order valence-electron chi connectivity index (χ0n) is 20.1. The highest BCUT2D eigenvalue weighted by Crippen LogP contribution is 2.35. The molecule has 2 aliphatic rings. The Labute approximate surface area is 205 Å². The van der Waals surface area contributed by atoms with E-state index in [4.69, 9.17) is 0 Å². The van der Waals surface area contributed by atoms with Gasteiger partial charge in [0.25, 0.3) is 0 Å². The average Bonchev–Trinajstić information content (AvgIpc) is 3.44. The summed E-state index contributed by atoms with van der Waals surface area (Å²) in [7, 11) is 0. The number of alkyl halides is 4. The Balaban J connectivity index is 1.56. The molecule has 2 aromatic heterocycles. The van der Waals surface area contributed by atoms with E-state index in [0.29, 0.717) is 36.5 Å². The lowest BCUT2D eigenvalue weighted by Crippen LogP contribution is -2.42. The normalized spacial score (nSPS) is 21.9. The molecule has 0 saturated carbocycles. The standard InChI is InChI=1S/C24H29F4N7O/c1-23(2,36)14-6-8-34(9-7-14)20-17-11-30-35(16-5-3-4-15(10-16)24(26,27)28)21(17)33-22(32-20)31-19-13-29-12-18(19)25/h3-5,10-11,14,18-19,29,36H,6-9,12-13H2,1-2H3,(H,31,32,33)/t18-,19-/m1/s1. The molecule has 3 aromatic rings. The second-order valence-corrected chi connectivity index (χ2v) is 10.1. The highest BCUT2D eigenvalue weighted by Gasteiger charge is 2.33. The smallest absolute Gasteiger partial charge is 0.390 e. The topological polar surface area (TPSA) is 91.1 Å². The molecule has 2 atom stereocenters. The minimum Gasteiger partial charge on any atom is -0.390 e. The number of anilines is 2. The van der Waals surface area contributed by atoms with Gasteiger partial charge < -0.3 is 20.6 Å². The van der Waals surface area contributed by atoms with Crippen LogP contribution in [0.4, 0.5) is 29.3 Å². The van der Waals surface area contributed by atoms with E-state index in [0.717, 1.165) is 25.0 Å². The zero-order chi connectivity index (χ0) is 25.7. The van der Waals surface area contributed by atoms with Crippen LogP contribution >= 0.6 is 0 Å². The van der Waals surface area contributed by atoms with Crippen molar-refractivity contribution in [2.24, 2.45) is 5.92 Å². The molecular formula is C24H29F4N7O. The van der Waals surface area contributed by atoms with Crippen molar-refractivity contribution < 1.29 is 22.7 Å². The lowest BCUT2D eigenvalue weighted by molar-refractivity contribution is -0.137.